The molecule has 0 aromatic carbocycles. The van der Waals surface area contributed by atoms with Crippen LogP contribution in [0.15, 0.2) is 0 Å². The second kappa shape index (κ2) is 6.70. The molecule has 6 aliphatic rings. The smallest absolute Gasteiger partial charge is 0.138 e. The zero-order valence-corrected chi connectivity index (χ0v) is 22.9. The van der Waals surface area contributed by atoms with Gasteiger partial charge in [-0.2, -0.15) is 0 Å². The number of hydrogen-bond acceptors (Lipinski definition) is 4. The second-order valence-corrected chi connectivity index (χ2v) is 15.2. The summed E-state index contributed by atoms with van der Waals surface area (Å²) in [5, 5.41) is 10.9. The Morgan fingerprint density at radius 3 is 2.29 bits per heavy atom. The molecule has 6 fully saturated rings. The maximum absolute atomic E-state index is 12.9. The number of ketones is 1. The van der Waals surface area contributed by atoms with Crippen LogP contribution < -0.4 is 0 Å². The first-order valence-electron chi connectivity index (χ1n) is 14.2. The minimum absolute atomic E-state index is 0.00357. The van der Waals surface area contributed by atoms with Crippen molar-refractivity contribution in [2.45, 2.75) is 136 Å². The van der Waals surface area contributed by atoms with E-state index in [4.69, 9.17) is 9.47 Å². The average molecular weight is 473 g/mol. The number of hydrogen-bond donors (Lipinski definition) is 1. The first-order valence-corrected chi connectivity index (χ1v) is 14.2. The van der Waals surface area contributed by atoms with Crippen molar-refractivity contribution >= 4 is 5.78 Å². The van der Waals surface area contributed by atoms with E-state index in [1.54, 1.807) is 0 Å². The van der Waals surface area contributed by atoms with E-state index in [0.29, 0.717) is 35.6 Å². The van der Waals surface area contributed by atoms with Gasteiger partial charge in [-0.15, -0.1) is 0 Å². The molecule has 0 radical (unpaired) electrons. The Morgan fingerprint density at radius 1 is 0.971 bits per heavy atom. The molecule has 0 amide bonds. The number of carbonyl (C=O) groups is 1. The highest BCUT2D eigenvalue weighted by atomic mass is 16.6. The predicted molar refractivity (Wildman–Crippen MR) is 132 cm³/mol. The molecule has 1 unspecified atom stereocenters. The van der Waals surface area contributed by atoms with E-state index < -0.39 is 0 Å². The Hall–Kier alpha value is -0.450. The van der Waals surface area contributed by atoms with E-state index in [2.05, 4.69) is 55.4 Å². The van der Waals surface area contributed by atoms with Crippen LogP contribution in [-0.4, -0.2) is 40.4 Å². The van der Waals surface area contributed by atoms with E-state index in [0.717, 1.165) is 25.7 Å². The van der Waals surface area contributed by atoms with Crippen molar-refractivity contribution in [1.82, 2.24) is 0 Å². The summed E-state index contributed by atoms with van der Waals surface area (Å²) in [7, 11) is 0. The number of ether oxygens (including phenoxy) is 2. The van der Waals surface area contributed by atoms with Gasteiger partial charge in [-0.3, -0.25) is 4.79 Å². The third-order valence-electron chi connectivity index (χ3n) is 13.4. The van der Waals surface area contributed by atoms with Gasteiger partial charge in [0.2, 0.25) is 0 Å². The molecular formula is C30H48O4. The molecule has 1 N–H and O–H groups in total. The molecule has 4 saturated carbocycles. The SMILES string of the molecule is C[C@H](C[C@@H](O)[C@@H]1OC1(C)C)[C@H]1CC[C@]2(C)[C@]34O[C@H]3CC3C(C)(C)C(=O)CC[C@]3(C)[C@H]4CC[C@@]12C. The largest absolute Gasteiger partial charge is 0.390 e. The van der Waals surface area contributed by atoms with Crippen molar-refractivity contribution in [3.63, 3.8) is 0 Å². The van der Waals surface area contributed by atoms with Gasteiger partial charge in [0.05, 0.1) is 17.8 Å². The van der Waals surface area contributed by atoms with Crippen molar-refractivity contribution in [3.05, 3.63) is 0 Å². The van der Waals surface area contributed by atoms with Crippen molar-refractivity contribution in [2.75, 3.05) is 0 Å². The lowest BCUT2D eigenvalue weighted by atomic mass is 9.38. The minimum Gasteiger partial charge on any atom is -0.390 e. The maximum atomic E-state index is 12.9. The monoisotopic (exact) mass is 472 g/mol. The van der Waals surface area contributed by atoms with Crippen LogP contribution in [0.25, 0.3) is 0 Å². The van der Waals surface area contributed by atoms with E-state index in [9.17, 15) is 9.90 Å². The summed E-state index contributed by atoms with van der Waals surface area (Å²) < 4.78 is 12.7. The van der Waals surface area contributed by atoms with E-state index in [1.807, 2.05) is 0 Å². The Bertz CT molecular complexity index is 909. The summed E-state index contributed by atoms with van der Waals surface area (Å²) in [6.45, 7) is 18.6. The Labute approximate surface area is 206 Å². The normalized spacial score (nSPS) is 55.9. The maximum Gasteiger partial charge on any atom is 0.138 e. The Morgan fingerprint density at radius 2 is 1.65 bits per heavy atom. The Kier molecular flexibility index (Phi) is 4.71. The number of fused-ring (bicyclic) bond motifs is 3. The van der Waals surface area contributed by atoms with Gasteiger partial charge in [0.25, 0.3) is 0 Å². The van der Waals surface area contributed by atoms with Gasteiger partial charge in [-0.05, 0) is 93.3 Å². The minimum atomic E-state index is -0.365. The molecule has 1 spiro atoms. The topological polar surface area (TPSA) is 62.4 Å². The standard InChI is InChI=1S/C30H48O4/c1-17(15-19(31)24-26(4,5)34-24)18-9-14-29(8)28(18,7)13-10-20-27(6)12-11-22(32)25(2,3)21(27)16-23-30(20,29)33-23/h17-21,23-24,31H,9-16H2,1-8H3/t17-,18-,19-,20-,21?,23+,24+,27-,28+,29+,30-/m1/s1. The molecule has 0 bridgehead atoms. The van der Waals surface area contributed by atoms with E-state index in [1.165, 1.54) is 25.7 Å². The van der Waals surface area contributed by atoms with Crippen LogP contribution in [-0.2, 0) is 14.3 Å². The zero-order valence-electron chi connectivity index (χ0n) is 22.9. The molecule has 192 valence electrons. The van der Waals surface area contributed by atoms with Crippen molar-refractivity contribution < 1.29 is 19.4 Å². The van der Waals surface area contributed by atoms with Gasteiger partial charge >= 0.3 is 0 Å². The lowest BCUT2D eigenvalue weighted by molar-refractivity contribution is -0.175. The lowest BCUT2D eigenvalue weighted by Gasteiger charge is -2.65. The lowest BCUT2D eigenvalue weighted by Crippen LogP contribution is -2.65. The Balaban J connectivity index is 1.28. The van der Waals surface area contributed by atoms with E-state index >= 15 is 0 Å². The third-order valence-corrected chi connectivity index (χ3v) is 13.4. The molecule has 4 heteroatoms. The molecule has 34 heavy (non-hydrogen) atoms. The average Bonchev–Trinajstić information content (AvgIpc) is 3.59. The second-order valence-electron chi connectivity index (χ2n) is 15.2. The molecule has 0 aromatic heterocycles. The molecule has 6 rings (SSSR count). The highest BCUT2D eigenvalue weighted by molar-refractivity contribution is 5.85. The molecule has 0 aromatic rings. The number of carbonyl (C=O) groups excluding carboxylic acids is 1. The van der Waals surface area contributed by atoms with Crippen LogP contribution in [0.2, 0.25) is 0 Å². The van der Waals surface area contributed by atoms with Crippen LogP contribution in [0.3, 0.4) is 0 Å². The van der Waals surface area contributed by atoms with Gasteiger partial charge in [-0.1, -0.05) is 41.5 Å². The van der Waals surface area contributed by atoms with Gasteiger partial charge in [-0.25, -0.2) is 0 Å². The highest BCUT2D eigenvalue weighted by Crippen LogP contribution is 2.81. The number of epoxide rings is 2. The molecule has 2 heterocycles. The molecule has 11 atom stereocenters. The first-order chi connectivity index (χ1) is 15.7. The molecular weight excluding hydrogens is 424 g/mol. The van der Waals surface area contributed by atoms with Crippen LogP contribution in [0, 0.1) is 45.3 Å². The van der Waals surface area contributed by atoms with Crippen molar-refractivity contribution in [3.8, 4) is 0 Å². The van der Waals surface area contributed by atoms with E-state index in [-0.39, 0.29) is 45.1 Å². The number of Topliss-reactive ketones (excluding diaryl/α,β-unsaturated/α-hetero) is 1. The molecule has 2 saturated heterocycles. The van der Waals surface area contributed by atoms with Crippen LogP contribution in [0.1, 0.15) is 107 Å². The number of aliphatic hydroxyl groups is 1. The summed E-state index contributed by atoms with van der Waals surface area (Å²) in [6.07, 6.45) is 8.58. The predicted octanol–water partition coefficient (Wildman–Crippen LogP) is 5.94. The van der Waals surface area contributed by atoms with Crippen LogP contribution in [0.5, 0.6) is 0 Å². The van der Waals surface area contributed by atoms with Crippen molar-refractivity contribution in [2.24, 2.45) is 45.3 Å². The van der Waals surface area contributed by atoms with Gasteiger partial charge in [0.15, 0.2) is 0 Å². The third kappa shape index (κ3) is 2.64. The van der Waals surface area contributed by atoms with Crippen LogP contribution in [0.4, 0.5) is 0 Å². The van der Waals surface area contributed by atoms with Gasteiger partial charge in [0.1, 0.15) is 17.5 Å². The first kappa shape index (κ1) is 23.9. The van der Waals surface area contributed by atoms with Crippen molar-refractivity contribution in [1.29, 1.82) is 0 Å². The van der Waals surface area contributed by atoms with Gasteiger partial charge in [0, 0.05) is 17.3 Å². The summed E-state index contributed by atoms with van der Waals surface area (Å²) in [5.74, 6) is 2.56. The zero-order chi connectivity index (χ0) is 24.7. The molecule has 4 nitrogen and oxygen atoms in total. The fraction of sp³-hybridized carbons (Fsp3) is 0.967. The number of rotatable bonds is 4. The summed E-state index contributed by atoms with van der Waals surface area (Å²) >= 11 is 0. The molecule has 2 aliphatic heterocycles. The summed E-state index contributed by atoms with van der Waals surface area (Å²) in [5.41, 5.74) is 0.212. The fourth-order valence-electron chi connectivity index (χ4n) is 11.1. The number of aliphatic hydroxyl groups excluding tert-OH is 1. The van der Waals surface area contributed by atoms with Crippen LogP contribution >= 0.6 is 0 Å². The fourth-order valence-corrected chi connectivity index (χ4v) is 11.1. The summed E-state index contributed by atoms with van der Waals surface area (Å²) in [4.78, 5) is 12.9. The highest BCUT2D eigenvalue weighted by Gasteiger charge is 2.83. The molecule has 4 aliphatic carbocycles. The quantitative estimate of drug-likeness (QED) is 0.515. The summed E-state index contributed by atoms with van der Waals surface area (Å²) in [6, 6.07) is 0. The van der Waals surface area contributed by atoms with Gasteiger partial charge < -0.3 is 14.6 Å².